The molecule has 0 bridgehead atoms. The molecule has 0 aliphatic carbocycles. The van der Waals surface area contributed by atoms with Gasteiger partial charge in [0, 0.05) is 11.5 Å². The molecule has 2 amide bonds. The molecule has 0 aliphatic heterocycles. The first-order valence-corrected chi connectivity index (χ1v) is 5.59. The first kappa shape index (κ1) is 12.7. The van der Waals surface area contributed by atoms with Gasteiger partial charge in [0.15, 0.2) is 0 Å². The Hall–Kier alpha value is -1.36. The first-order chi connectivity index (χ1) is 7.54. The number of rotatable bonds is 3. The Morgan fingerprint density at radius 1 is 1.38 bits per heavy atom. The Morgan fingerprint density at radius 3 is 2.62 bits per heavy atom. The second-order valence-electron chi connectivity index (χ2n) is 3.34. The number of hydrogen-bond donors (Lipinski definition) is 2. The largest absolute Gasteiger partial charge is 0.358 e. The average Bonchev–Trinajstić information content (AvgIpc) is 2.25. The third kappa shape index (κ3) is 3.34. The quantitative estimate of drug-likeness (QED) is 0.877. The molecule has 16 heavy (non-hydrogen) atoms. The Kier molecular flexibility index (Phi) is 4.49. The third-order valence-corrected chi connectivity index (χ3v) is 2.71. The minimum atomic E-state index is -0.268. The molecule has 5 heteroatoms. The van der Waals surface area contributed by atoms with Crippen molar-refractivity contribution in [3.05, 3.63) is 33.8 Å². The highest BCUT2D eigenvalue weighted by Gasteiger charge is 2.10. The molecule has 86 valence electrons. The van der Waals surface area contributed by atoms with E-state index < -0.39 is 0 Å². The van der Waals surface area contributed by atoms with E-state index in [-0.39, 0.29) is 18.4 Å². The van der Waals surface area contributed by atoms with Gasteiger partial charge in [-0.25, -0.2) is 0 Å². The van der Waals surface area contributed by atoms with Crippen molar-refractivity contribution in [3.8, 4) is 0 Å². The number of amides is 2. The maximum absolute atomic E-state index is 11.7. The molecule has 0 atom stereocenters. The topological polar surface area (TPSA) is 58.2 Å². The number of likely N-dealkylation sites (N-methyl/N-ethyl adjacent to an activating group) is 1. The number of carbonyl (C=O) groups is 2. The van der Waals surface area contributed by atoms with Crippen LogP contribution in [0.1, 0.15) is 15.9 Å². The number of aryl methyl sites for hydroxylation is 1. The van der Waals surface area contributed by atoms with Crippen molar-refractivity contribution in [2.24, 2.45) is 0 Å². The van der Waals surface area contributed by atoms with Crippen LogP contribution in [-0.2, 0) is 4.79 Å². The van der Waals surface area contributed by atoms with Gasteiger partial charge >= 0.3 is 0 Å². The molecule has 0 saturated heterocycles. The summed E-state index contributed by atoms with van der Waals surface area (Å²) in [6, 6.07) is 5.42. The van der Waals surface area contributed by atoms with E-state index >= 15 is 0 Å². The van der Waals surface area contributed by atoms with Crippen LogP contribution in [-0.4, -0.2) is 25.4 Å². The lowest BCUT2D eigenvalue weighted by Gasteiger charge is -2.06. The highest BCUT2D eigenvalue weighted by molar-refractivity contribution is 9.10. The van der Waals surface area contributed by atoms with Crippen LogP contribution in [0.5, 0.6) is 0 Å². The van der Waals surface area contributed by atoms with E-state index in [1.807, 2.05) is 19.1 Å². The summed E-state index contributed by atoms with van der Waals surface area (Å²) in [7, 11) is 1.52. The van der Waals surface area contributed by atoms with Crippen molar-refractivity contribution >= 4 is 27.7 Å². The highest BCUT2D eigenvalue weighted by atomic mass is 79.9. The summed E-state index contributed by atoms with van der Waals surface area (Å²) in [5.41, 5.74) is 1.59. The summed E-state index contributed by atoms with van der Waals surface area (Å²) < 4.78 is 0.724. The van der Waals surface area contributed by atoms with Gasteiger partial charge in [-0.1, -0.05) is 6.07 Å². The summed E-state index contributed by atoms with van der Waals surface area (Å²) in [5, 5.41) is 4.96. The highest BCUT2D eigenvalue weighted by Crippen LogP contribution is 2.17. The zero-order chi connectivity index (χ0) is 12.1. The van der Waals surface area contributed by atoms with Crippen LogP contribution in [0.25, 0.3) is 0 Å². The molecular weight excluding hydrogens is 272 g/mol. The van der Waals surface area contributed by atoms with E-state index in [1.165, 1.54) is 7.05 Å². The van der Waals surface area contributed by atoms with E-state index in [2.05, 4.69) is 26.6 Å². The monoisotopic (exact) mass is 284 g/mol. The van der Waals surface area contributed by atoms with Crippen molar-refractivity contribution < 1.29 is 9.59 Å². The van der Waals surface area contributed by atoms with Gasteiger partial charge in [-0.3, -0.25) is 9.59 Å². The summed E-state index contributed by atoms with van der Waals surface area (Å²) in [6.45, 7) is 1.92. The van der Waals surface area contributed by atoms with Crippen LogP contribution in [0.3, 0.4) is 0 Å². The Labute approximate surface area is 103 Å². The van der Waals surface area contributed by atoms with E-state index in [1.54, 1.807) is 6.07 Å². The van der Waals surface area contributed by atoms with Gasteiger partial charge in [0.1, 0.15) is 0 Å². The summed E-state index contributed by atoms with van der Waals surface area (Å²) >= 11 is 3.31. The molecule has 0 heterocycles. The maximum atomic E-state index is 11.7. The zero-order valence-electron chi connectivity index (χ0n) is 9.13. The normalized spacial score (nSPS) is 9.69. The Morgan fingerprint density at radius 2 is 2.06 bits per heavy atom. The predicted molar refractivity (Wildman–Crippen MR) is 65.3 cm³/mol. The number of hydrogen-bond acceptors (Lipinski definition) is 2. The molecule has 0 radical (unpaired) electrons. The molecule has 0 fully saturated rings. The van der Waals surface area contributed by atoms with E-state index in [9.17, 15) is 9.59 Å². The first-order valence-electron chi connectivity index (χ1n) is 4.79. The van der Waals surface area contributed by atoms with Crippen LogP contribution in [0.4, 0.5) is 0 Å². The van der Waals surface area contributed by atoms with Gasteiger partial charge in [-0.15, -0.1) is 0 Å². The minimum Gasteiger partial charge on any atom is -0.358 e. The van der Waals surface area contributed by atoms with E-state index in [4.69, 9.17) is 0 Å². The molecule has 2 N–H and O–H groups in total. The zero-order valence-corrected chi connectivity index (χ0v) is 10.7. The van der Waals surface area contributed by atoms with Crippen LogP contribution in [0.15, 0.2) is 22.7 Å². The number of halogens is 1. The molecule has 0 saturated carbocycles. The van der Waals surface area contributed by atoms with Gasteiger partial charge in [0.2, 0.25) is 5.91 Å². The fourth-order valence-electron chi connectivity index (χ4n) is 1.15. The molecule has 1 aromatic rings. The van der Waals surface area contributed by atoms with E-state index in [0.29, 0.717) is 5.56 Å². The second kappa shape index (κ2) is 5.65. The lowest BCUT2D eigenvalue weighted by atomic mass is 10.1. The number of nitrogens with one attached hydrogen (secondary N) is 2. The van der Waals surface area contributed by atoms with Gasteiger partial charge < -0.3 is 10.6 Å². The average molecular weight is 285 g/mol. The Bertz CT molecular complexity index is 418. The number of carbonyl (C=O) groups excluding carboxylic acids is 2. The van der Waals surface area contributed by atoms with E-state index in [0.717, 1.165) is 10.0 Å². The summed E-state index contributed by atoms with van der Waals surface area (Å²) in [4.78, 5) is 22.6. The summed E-state index contributed by atoms with van der Waals surface area (Å²) in [5.74, 6) is -0.493. The van der Waals surface area contributed by atoms with Crippen molar-refractivity contribution in [1.29, 1.82) is 0 Å². The molecule has 4 nitrogen and oxygen atoms in total. The lowest BCUT2D eigenvalue weighted by molar-refractivity contribution is -0.119. The molecular formula is C11H13BrN2O2. The number of benzene rings is 1. The molecule has 0 unspecified atom stereocenters. The smallest absolute Gasteiger partial charge is 0.252 e. The third-order valence-electron chi connectivity index (χ3n) is 2.06. The van der Waals surface area contributed by atoms with Crippen molar-refractivity contribution in [1.82, 2.24) is 10.6 Å². The van der Waals surface area contributed by atoms with Crippen molar-refractivity contribution in [3.63, 3.8) is 0 Å². The molecule has 0 aromatic heterocycles. The summed E-state index contributed by atoms with van der Waals surface area (Å²) in [6.07, 6.45) is 0. The fraction of sp³-hybridized carbons (Fsp3) is 0.273. The van der Waals surface area contributed by atoms with Gasteiger partial charge in [-0.2, -0.15) is 0 Å². The predicted octanol–water partition coefficient (Wildman–Crippen LogP) is 1.23. The van der Waals surface area contributed by atoms with Gasteiger partial charge in [0.05, 0.1) is 12.1 Å². The Balaban J connectivity index is 2.70. The van der Waals surface area contributed by atoms with Crippen LogP contribution in [0.2, 0.25) is 0 Å². The van der Waals surface area contributed by atoms with Gasteiger partial charge in [0.25, 0.3) is 5.91 Å². The van der Waals surface area contributed by atoms with Crippen LogP contribution < -0.4 is 10.6 Å². The maximum Gasteiger partial charge on any atom is 0.252 e. The fourth-order valence-corrected chi connectivity index (χ4v) is 1.82. The van der Waals surface area contributed by atoms with Crippen LogP contribution >= 0.6 is 15.9 Å². The lowest BCUT2D eigenvalue weighted by Crippen LogP contribution is -2.35. The minimum absolute atomic E-state index is 0.0182. The molecule has 0 spiro atoms. The molecule has 1 aromatic carbocycles. The molecule has 1 rings (SSSR count). The second-order valence-corrected chi connectivity index (χ2v) is 4.19. The standard InChI is InChI=1S/C11H13BrN2O2/c1-7-3-4-8(9(12)5-7)11(16)14-6-10(15)13-2/h3-5H,6H2,1-2H3,(H,13,15)(H,14,16). The SMILES string of the molecule is CNC(=O)CNC(=O)c1ccc(C)cc1Br. The van der Waals surface area contributed by atoms with Crippen molar-refractivity contribution in [2.45, 2.75) is 6.92 Å². The molecule has 0 aliphatic rings. The van der Waals surface area contributed by atoms with Crippen LogP contribution in [0, 0.1) is 6.92 Å². The van der Waals surface area contributed by atoms with Crippen molar-refractivity contribution in [2.75, 3.05) is 13.6 Å². The van der Waals surface area contributed by atoms with Gasteiger partial charge in [-0.05, 0) is 40.5 Å².